The number of ether oxygens (including phenoxy) is 1. The van der Waals surface area contributed by atoms with Crippen LogP contribution in [0.3, 0.4) is 0 Å². The van der Waals surface area contributed by atoms with Crippen LogP contribution in [0.5, 0.6) is 5.75 Å². The lowest BCUT2D eigenvalue weighted by Crippen LogP contribution is -2.28. The molecule has 106 valence electrons. The predicted octanol–water partition coefficient (Wildman–Crippen LogP) is 1.44. The summed E-state index contributed by atoms with van der Waals surface area (Å²) in [4.78, 5) is 0. The van der Waals surface area contributed by atoms with Gasteiger partial charge in [-0.15, -0.1) is 0 Å². The summed E-state index contributed by atoms with van der Waals surface area (Å²) in [6.45, 7) is -1.04. The minimum atomic E-state index is -4.25. The smallest absolute Gasteiger partial charge is 0.401 e. The number of rotatable bonds is 5. The normalized spacial score (nSPS) is 12.5. The Morgan fingerprint density at radius 3 is 2.68 bits per heavy atom. The van der Waals surface area contributed by atoms with Crippen LogP contribution >= 0.6 is 0 Å². The van der Waals surface area contributed by atoms with E-state index in [1.165, 1.54) is 19.2 Å². The second-order valence-electron chi connectivity index (χ2n) is 3.74. The van der Waals surface area contributed by atoms with Crippen molar-refractivity contribution in [3.05, 3.63) is 29.3 Å². The van der Waals surface area contributed by atoms with E-state index in [-0.39, 0.29) is 12.4 Å². The molecule has 0 atom stereocenters. The molecule has 0 bridgehead atoms. The van der Waals surface area contributed by atoms with Gasteiger partial charge in [-0.2, -0.15) is 13.2 Å². The van der Waals surface area contributed by atoms with E-state index in [1.807, 2.05) is 0 Å². The Bertz CT molecular complexity index is 461. The first kappa shape index (κ1) is 15.1. The number of oxime groups is 1. The van der Waals surface area contributed by atoms with Crippen molar-refractivity contribution in [3.63, 3.8) is 0 Å². The van der Waals surface area contributed by atoms with E-state index in [4.69, 9.17) is 15.7 Å². The van der Waals surface area contributed by atoms with Crippen LogP contribution in [0.25, 0.3) is 0 Å². The summed E-state index contributed by atoms with van der Waals surface area (Å²) < 4.78 is 41.0. The Hall–Kier alpha value is -1.96. The molecule has 0 aliphatic carbocycles. The molecule has 5 nitrogen and oxygen atoms in total. The fourth-order valence-corrected chi connectivity index (χ4v) is 1.46. The zero-order chi connectivity index (χ0) is 14.5. The van der Waals surface area contributed by atoms with E-state index in [9.17, 15) is 13.2 Å². The highest BCUT2D eigenvalue weighted by atomic mass is 19.4. The summed E-state index contributed by atoms with van der Waals surface area (Å²) in [5.41, 5.74) is 6.39. The van der Waals surface area contributed by atoms with Crippen molar-refractivity contribution < 1.29 is 23.1 Å². The summed E-state index contributed by atoms with van der Waals surface area (Å²) in [6, 6.07) is 4.61. The molecular weight excluding hydrogens is 263 g/mol. The maximum atomic E-state index is 12.0. The van der Waals surface area contributed by atoms with Crippen molar-refractivity contribution in [2.75, 3.05) is 13.7 Å². The number of nitrogens with two attached hydrogens (primary N) is 1. The van der Waals surface area contributed by atoms with E-state index in [0.29, 0.717) is 16.9 Å². The highest BCUT2D eigenvalue weighted by molar-refractivity contribution is 5.99. The molecular formula is C11H14F3N3O2. The van der Waals surface area contributed by atoms with Crippen LogP contribution < -0.4 is 15.8 Å². The van der Waals surface area contributed by atoms with Crippen molar-refractivity contribution in [3.8, 4) is 5.75 Å². The van der Waals surface area contributed by atoms with Crippen molar-refractivity contribution >= 4 is 5.84 Å². The molecule has 0 amide bonds. The van der Waals surface area contributed by atoms with Crippen LogP contribution in [-0.4, -0.2) is 30.9 Å². The van der Waals surface area contributed by atoms with E-state index in [2.05, 4.69) is 10.5 Å². The number of nitrogens with zero attached hydrogens (tertiary/aromatic N) is 1. The molecule has 0 radical (unpaired) electrons. The highest BCUT2D eigenvalue weighted by Crippen LogP contribution is 2.20. The average molecular weight is 277 g/mol. The van der Waals surface area contributed by atoms with Crippen molar-refractivity contribution in [2.45, 2.75) is 12.7 Å². The predicted molar refractivity (Wildman–Crippen MR) is 63.3 cm³/mol. The van der Waals surface area contributed by atoms with Crippen LogP contribution in [-0.2, 0) is 6.54 Å². The van der Waals surface area contributed by atoms with Crippen LogP contribution in [0.1, 0.15) is 11.1 Å². The number of methoxy groups -OCH3 is 1. The number of hydrogen-bond donors (Lipinski definition) is 3. The summed E-state index contributed by atoms with van der Waals surface area (Å²) in [6.07, 6.45) is -4.25. The maximum Gasteiger partial charge on any atom is 0.401 e. The molecule has 0 aromatic heterocycles. The standard InChI is InChI=1S/C11H14F3N3O2/c1-19-9-4-7(5-16-6-11(12,13)14)2-3-8(9)10(15)17-18/h2-4,16,18H,5-6H2,1H3,(H2,15,17). The van der Waals surface area contributed by atoms with Gasteiger partial charge in [0.25, 0.3) is 0 Å². The average Bonchev–Trinajstić information content (AvgIpc) is 2.36. The van der Waals surface area contributed by atoms with Gasteiger partial charge < -0.3 is 21.0 Å². The van der Waals surface area contributed by atoms with Gasteiger partial charge in [-0.25, -0.2) is 0 Å². The lowest BCUT2D eigenvalue weighted by molar-refractivity contribution is -0.125. The van der Waals surface area contributed by atoms with Gasteiger partial charge >= 0.3 is 6.18 Å². The van der Waals surface area contributed by atoms with E-state index in [0.717, 1.165) is 0 Å². The second-order valence-corrected chi connectivity index (χ2v) is 3.74. The second kappa shape index (κ2) is 6.28. The molecule has 19 heavy (non-hydrogen) atoms. The van der Waals surface area contributed by atoms with Crippen molar-refractivity contribution in [2.24, 2.45) is 10.9 Å². The summed E-state index contributed by atoms with van der Waals surface area (Å²) in [5, 5.41) is 13.7. The highest BCUT2D eigenvalue weighted by Gasteiger charge is 2.26. The van der Waals surface area contributed by atoms with Gasteiger partial charge in [0.1, 0.15) is 5.75 Å². The molecule has 0 aliphatic rings. The zero-order valence-corrected chi connectivity index (χ0v) is 10.2. The number of nitrogens with one attached hydrogen (secondary N) is 1. The minimum absolute atomic E-state index is 0.0341. The molecule has 0 unspecified atom stereocenters. The van der Waals surface area contributed by atoms with Gasteiger partial charge in [-0.1, -0.05) is 11.2 Å². The Morgan fingerprint density at radius 1 is 1.47 bits per heavy atom. The molecule has 0 saturated heterocycles. The lowest BCUT2D eigenvalue weighted by atomic mass is 10.1. The summed E-state index contributed by atoms with van der Waals surface area (Å²) in [5.74, 6) is 0.188. The fraction of sp³-hybridized carbons (Fsp3) is 0.364. The molecule has 8 heteroatoms. The van der Waals surface area contributed by atoms with E-state index >= 15 is 0 Å². The monoisotopic (exact) mass is 277 g/mol. The third-order valence-corrected chi connectivity index (χ3v) is 2.30. The topological polar surface area (TPSA) is 79.9 Å². The zero-order valence-electron chi connectivity index (χ0n) is 10.2. The Labute approximate surface area is 107 Å². The lowest BCUT2D eigenvalue weighted by Gasteiger charge is -2.11. The number of benzene rings is 1. The minimum Gasteiger partial charge on any atom is -0.496 e. The van der Waals surface area contributed by atoms with Gasteiger partial charge in [0.05, 0.1) is 19.2 Å². The first-order chi connectivity index (χ1) is 8.87. The van der Waals surface area contributed by atoms with E-state index in [1.54, 1.807) is 6.07 Å². The third-order valence-electron chi connectivity index (χ3n) is 2.30. The first-order valence-corrected chi connectivity index (χ1v) is 5.29. The van der Waals surface area contributed by atoms with Gasteiger partial charge in [-0.05, 0) is 17.7 Å². The molecule has 0 fully saturated rings. The van der Waals surface area contributed by atoms with Crippen LogP contribution in [0.2, 0.25) is 0 Å². The quantitative estimate of drug-likeness (QED) is 0.329. The molecule has 0 heterocycles. The molecule has 4 N–H and O–H groups in total. The fourth-order valence-electron chi connectivity index (χ4n) is 1.46. The first-order valence-electron chi connectivity index (χ1n) is 5.29. The summed E-state index contributed by atoms with van der Waals surface area (Å²) >= 11 is 0. The number of hydrogen-bond acceptors (Lipinski definition) is 4. The van der Waals surface area contributed by atoms with Crippen LogP contribution in [0.15, 0.2) is 23.4 Å². The molecule has 0 spiro atoms. The Kier molecular flexibility index (Phi) is 4.99. The summed E-state index contributed by atoms with van der Waals surface area (Å²) in [7, 11) is 1.39. The van der Waals surface area contributed by atoms with Gasteiger partial charge in [-0.3, -0.25) is 0 Å². The maximum absolute atomic E-state index is 12.0. The number of amidine groups is 1. The molecule has 1 aromatic rings. The largest absolute Gasteiger partial charge is 0.496 e. The van der Waals surface area contributed by atoms with Gasteiger partial charge in [0, 0.05) is 6.54 Å². The molecule has 0 aliphatic heterocycles. The molecule has 1 rings (SSSR count). The van der Waals surface area contributed by atoms with Gasteiger partial charge in [0.15, 0.2) is 5.84 Å². The molecule has 1 aromatic carbocycles. The molecule has 0 saturated carbocycles. The van der Waals surface area contributed by atoms with Crippen LogP contribution in [0.4, 0.5) is 13.2 Å². The Morgan fingerprint density at radius 2 is 2.16 bits per heavy atom. The van der Waals surface area contributed by atoms with Crippen molar-refractivity contribution in [1.29, 1.82) is 0 Å². The van der Waals surface area contributed by atoms with Gasteiger partial charge in [0.2, 0.25) is 0 Å². The number of alkyl halides is 3. The Balaban J connectivity index is 2.77. The van der Waals surface area contributed by atoms with Crippen LogP contribution in [0, 0.1) is 0 Å². The third kappa shape index (κ3) is 4.66. The number of halogens is 3. The van der Waals surface area contributed by atoms with Crippen molar-refractivity contribution in [1.82, 2.24) is 5.32 Å². The van der Waals surface area contributed by atoms with E-state index < -0.39 is 12.7 Å². The SMILES string of the molecule is COc1cc(CNCC(F)(F)F)ccc1/C(N)=N/O.